The lowest BCUT2D eigenvalue weighted by atomic mass is 10.0. The van der Waals surface area contributed by atoms with E-state index in [1.54, 1.807) is 14.2 Å². The minimum absolute atomic E-state index is 0.0219. The van der Waals surface area contributed by atoms with Crippen LogP contribution in [0.2, 0.25) is 0 Å². The number of hydrogen-bond donors (Lipinski definition) is 0. The maximum Gasteiger partial charge on any atom is 0.163 e. The molecule has 0 spiro atoms. The third kappa shape index (κ3) is 3.47. The van der Waals surface area contributed by atoms with Crippen molar-refractivity contribution in [2.24, 2.45) is 0 Å². The van der Waals surface area contributed by atoms with Crippen molar-refractivity contribution in [3.8, 4) is 28.4 Å². The molecule has 29 heavy (non-hydrogen) atoms. The number of nitrogens with zero attached hydrogens (tertiary/aromatic N) is 1. The van der Waals surface area contributed by atoms with E-state index in [2.05, 4.69) is 44.0 Å². The molecule has 4 rings (SSSR count). The molecule has 2 aromatic carbocycles. The zero-order valence-corrected chi connectivity index (χ0v) is 18.4. The first-order chi connectivity index (χ1) is 14.0. The number of benzene rings is 2. The molecular weight excluding hydrogens is 381 g/mol. The number of rotatable bonds is 4. The van der Waals surface area contributed by atoms with E-state index in [1.807, 2.05) is 42.6 Å². The minimum atomic E-state index is -0.717. The van der Waals surface area contributed by atoms with Crippen LogP contribution in [0.3, 0.4) is 0 Å². The summed E-state index contributed by atoms with van der Waals surface area (Å²) in [6, 6.07) is 18.2. The highest BCUT2D eigenvalue weighted by molar-refractivity contribution is 7.68. The number of aromatic nitrogens is 1. The minimum Gasteiger partial charge on any atom is -0.496 e. The van der Waals surface area contributed by atoms with Gasteiger partial charge in [-0.1, -0.05) is 45.0 Å². The van der Waals surface area contributed by atoms with Gasteiger partial charge in [-0.3, -0.25) is 4.98 Å². The molecule has 5 heteroatoms. The van der Waals surface area contributed by atoms with Gasteiger partial charge in [0, 0.05) is 17.1 Å². The zero-order chi connectivity index (χ0) is 20.6. The Bertz CT molecular complexity index is 992. The lowest BCUT2D eigenvalue weighted by Gasteiger charge is -2.32. The monoisotopic (exact) mass is 407 g/mol. The van der Waals surface area contributed by atoms with Crippen molar-refractivity contribution >= 4 is 13.2 Å². The average Bonchev–Trinajstić information content (AvgIpc) is 3.14. The highest BCUT2D eigenvalue weighted by Crippen LogP contribution is 2.66. The fourth-order valence-corrected chi connectivity index (χ4v) is 6.93. The summed E-state index contributed by atoms with van der Waals surface area (Å²) in [5.41, 5.74) is 3.05. The maximum absolute atomic E-state index is 6.53. The van der Waals surface area contributed by atoms with E-state index in [-0.39, 0.29) is 11.0 Å². The van der Waals surface area contributed by atoms with Crippen molar-refractivity contribution < 1.29 is 14.2 Å². The number of fused-ring (bicyclic) bond motifs is 1. The molecule has 0 saturated heterocycles. The Labute approximate surface area is 173 Å². The van der Waals surface area contributed by atoms with E-state index in [0.717, 1.165) is 34.1 Å². The molecule has 2 atom stereocenters. The van der Waals surface area contributed by atoms with Crippen molar-refractivity contribution in [3.63, 3.8) is 0 Å². The SMILES string of the molecule is COc1cccc(OC)c1-c1cccc2c1[P@@](C(C)(C)C)C(c1ccccn1)O2. The molecule has 0 N–H and O–H groups in total. The van der Waals surface area contributed by atoms with Gasteiger partial charge in [0.25, 0.3) is 0 Å². The molecular formula is C24H26NO3P. The van der Waals surface area contributed by atoms with Crippen LogP contribution in [-0.4, -0.2) is 24.4 Å². The van der Waals surface area contributed by atoms with Crippen molar-refractivity contribution in [1.29, 1.82) is 0 Å². The summed E-state index contributed by atoms with van der Waals surface area (Å²) in [7, 11) is 2.67. The molecule has 1 aromatic heterocycles. The fourth-order valence-electron chi connectivity index (χ4n) is 3.88. The molecule has 0 bridgehead atoms. The molecule has 0 aliphatic carbocycles. The van der Waals surface area contributed by atoms with Crippen LogP contribution < -0.4 is 19.5 Å². The Morgan fingerprint density at radius 1 is 0.897 bits per heavy atom. The molecule has 1 aliphatic rings. The van der Waals surface area contributed by atoms with Gasteiger partial charge in [0.15, 0.2) is 5.85 Å². The van der Waals surface area contributed by atoms with Crippen LogP contribution in [0.25, 0.3) is 11.1 Å². The predicted octanol–water partition coefficient (Wildman–Crippen LogP) is 5.76. The first-order valence-corrected chi connectivity index (χ1v) is 11.1. The Morgan fingerprint density at radius 2 is 1.59 bits per heavy atom. The lowest BCUT2D eigenvalue weighted by molar-refractivity contribution is 0.295. The van der Waals surface area contributed by atoms with Crippen LogP contribution in [0.15, 0.2) is 60.8 Å². The van der Waals surface area contributed by atoms with Crippen molar-refractivity contribution in [2.45, 2.75) is 31.8 Å². The Kier molecular flexibility index (Phi) is 5.23. The lowest BCUT2D eigenvalue weighted by Crippen LogP contribution is -2.21. The van der Waals surface area contributed by atoms with Gasteiger partial charge in [0.1, 0.15) is 17.2 Å². The van der Waals surface area contributed by atoms with Gasteiger partial charge in [-0.15, -0.1) is 0 Å². The standard InChI is InChI=1S/C24H26NO3P/c1-24(2,3)29-22-16(21-18(26-4)12-9-13-19(21)27-5)10-8-14-20(22)28-23(29)17-11-6-7-15-25-17/h6-15,23H,1-5H3/t23?,29-/m1/s1. The first kappa shape index (κ1) is 19.7. The average molecular weight is 407 g/mol. The van der Waals surface area contributed by atoms with E-state index >= 15 is 0 Å². The molecule has 0 saturated carbocycles. The Morgan fingerprint density at radius 3 is 2.17 bits per heavy atom. The molecule has 4 nitrogen and oxygen atoms in total. The van der Waals surface area contributed by atoms with E-state index in [9.17, 15) is 0 Å². The summed E-state index contributed by atoms with van der Waals surface area (Å²) in [5.74, 6) is 2.43. The largest absolute Gasteiger partial charge is 0.496 e. The van der Waals surface area contributed by atoms with Crippen LogP contribution in [0.5, 0.6) is 17.2 Å². The van der Waals surface area contributed by atoms with E-state index in [4.69, 9.17) is 14.2 Å². The third-order valence-electron chi connectivity index (χ3n) is 5.07. The quantitative estimate of drug-likeness (QED) is 0.516. The van der Waals surface area contributed by atoms with E-state index in [0.29, 0.717) is 0 Å². The highest BCUT2D eigenvalue weighted by Gasteiger charge is 2.45. The van der Waals surface area contributed by atoms with Gasteiger partial charge in [-0.2, -0.15) is 0 Å². The Balaban J connectivity index is 1.96. The van der Waals surface area contributed by atoms with Crippen LogP contribution in [-0.2, 0) is 0 Å². The summed E-state index contributed by atoms with van der Waals surface area (Å²) in [4.78, 5) is 4.62. The van der Waals surface area contributed by atoms with Crippen molar-refractivity contribution in [1.82, 2.24) is 4.98 Å². The van der Waals surface area contributed by atoms with E-state index < -0.39 is 7.92 Å². The molecule has 0 radical (unpaired) electrons. The van der Waals surface area contributed by atoms with Gasteiger partial charge in [0.05, 0.1) is 25.5 Å². The molecule has 150 valence electrons. The summed E-state index contributed by atoms with van der Waals surface area (Å²) in [5, 5.41) is 1.27. The smallest absolute Gasteiger partial charge is 0.163 e. The van der Waals surface area contributed by atoms with Crippen LogP contribution in [0.1, 0.15) is 32.3 Å². The van der Waals surface area contributed by atoms with Crippen molar-refractivity contribution in [2.75, 3.05) is 14.2 Å². The molecule has 2 heterocycles. The summed E-state index contributed by atoms with van der Waals surface area (Å²) in [6.07, 6.45) is 1.84. The Hall–Kier alpha value is -2.58. The second kappa shape index (κ2) is 7.68. The van der Waals surface area contributed by atoms with E-state index in [1.165, 1.54) is 5.30 Å². The summed E-state index contributed by atoms with van der Waals surface area (Å²) in [6.45, 7) is 6.84. The molecule has 1 aliphatic heterocycles. The van der Waals surface area contributed by atoms with Gasteiger partial charge in [-0.25, -0.2) is 0 Å². The van der Waals surface area contributed by atoms with Crippen molar-refractivity contribution in [3.05, 3.63) is 66.5 Å². The topological polar surface area (TPSA) is 40.6 Å². The maximum atomic E-state index is 6.53. The molecule has 3 aromatic rings. The number of methoxy groups -OCH3 is 2. The summed E-state index contributed by atoms with van der Waals surface area (Å²) < 4.78 is 17.9. The second-order valence-corrected chi connectivity index (χ2v) is 11.0. The zero-order valence-electron chi connectivity index (χ0n) is 17.5. The summed E-state index contributed by atoms with van der Waals surface area (Å²) >= 11 is 0. The van der Waals surface area contributed by atoms with Crippen LogP contribution >= 0.6 is 7.92 Å². The second-order valence-electron chi connectivity index (χ2n) is 7.96. The fraction of sp³-hybridized carbons (Fsp3) is 0.292. The van der Waals surface area contributed by atoms with Gasteiger partial charge >= 0.3 is 0 Å². The normalized spacial score (nSPS) is 18.1. The van der Waals surface area contributed by atoms with Crippen LogP contribution in [0, 0.1) is 0 Å². The predicted molar refractivity (Wildman–Crippen MR) is 119 cm³/mol. The number of hydrogen-bond acceptors (Lipinski definition) is 4. The molecule has 0 fully saturated rings. The third-order valence-corrected chi connectivity index (χ3v) is 8.30. The molecule has 0 amide bonds. The highest BCUT2D eigenvalue weighted by atomic mass is 31.1. The first-order valence-electron chi connectivity index (χ1n) is 9.67. The number of ether oxygens (including phenoxy) is 3. The molecule has 1 unspecified atom stereocenters. The van der Waals surface area contributed by atoms with Crippen LogP contribution in [0.4, 0.5) is 0 Å². The van der Waals surface area contributed by atoms with Gasteiger partial charge in [-0.05, 0) is 43.4 Å². The van der Waals surface area contributed by atoms with Gasteiger partial charge in [0.2, 0.25) is 0 Å². The number of pyridine rings is 1. The van der Waals surface area contributed by atoms with Gasteiger partial charge < -0.3 is 14.2 Å².